The first kappa shape index (κ1) is 20.8. The molecule has 32 heavy (non-hydrogen) atoms. The largest absolute Gasteiger partial charge is 0.416 e. The number of hydrogen-bond acceptors (Lipinski definition) is 5. The van der Waals surface area contributed by atoms with Gasteiger partial charge in [0.1, 0.15) is 12.1 Å². The van der Waals surface area contributed by atoms with Crippen molar-refractivity contribution >= 4 is 17.2 Å². The number of aliphatic hydroxyl groups is 1. The van der Waals surface area contributed by atoms with Gasteiger partial charge in [-0.2, -0.15) is 13.2 Å². The predicted octanol–water partition coefficient (Wildman–Crippen LogP) is 5.19. The molecule has 166 valence electrons. The van der Waals surface area contributed by atoms with Crippen LogP contribution >= 0.6 is 0 Å². The van der Waals surface area contributed by atoms with Crippen LogP contribution < -0.4 is 10.6 Å². The molecule has 0 saturated heterocycles. The van der Waals surface area contributed by atoms with E-state index in [-0.39, 0.29) is 6.10 Å². The molecule has 0 amide bonds. The van der Waals surface area contributed by atoms with E-state index >= 15 is 0 Å². The average Bonchev–Trinajstić information content (AvgIpc) is 3.51. The summed E-state index contributed by atoms with van der Waals surface area (Å²) in [4.78, 5) is 8.61. The summed E-state index contributed by atoms with van der Waals surface area (Å²) in [6.07, 6.45) is -0.00570. The van der Waals surface area contributed by atoms with Gasteiger partial charge in [0, 0.05) is 36.0 Å². The molecule has 1 atom stereocenters. The molecule has 8 heteroatoms. The Hall–Kier alpha value is -3.13. The summed E-state index contributed by atoms with van der Waals surface area (Å²) in [5.41, 5.74) is 3.88. The summed E-state index contributed by atoms with van der Waals surface area (Å²) >= 11 is 0. The lowest BCUT2D eigenvalue weighted by molar-refractivity contribution is -0.137. The number of hydrogen-bond donors (Lipinski definition) is 3. The third-order valence-corrected chi connectivity index (χ3v) is 6.00. The molecular weight excluding hydrogens is 417 g/mol. The van der Waals surface area contributed by atoms with E-state index in [2.05, 4.69) is 20.6 Å². The Morgan fingerprint density at radius 1 is 1.00 bits per heavy atom. The van der Waals surface area contributed by atoms with Crippen LogP contribution in [-0.2, 0) is 19.0 Å². The summed E-state index contributed by atoms with van der Waals surface area (Å²) in [6.45, 7) is 0.642. The first-order valence-electron chi connectivity index (χ1n) is 10.7. The lowest BCUT2D eigenvalue weighted by Crippen LogP contribution is -2.09. The minimum Gasteiger partial charge on any atom is -0.392 e. The van der Waals surface area contributed by atoms with Crippen molar-refractivity contribution in [3.63, 3.8) is 0 Å². The first-order valence-corrected chi connectivity index (χ1v) is 10.7. The Morgan fingerprint density at radius 3 is 2.62 bits per heavy atom. The van der Waals surface area contributed by atoms with Crippen LogP contribution in [0.5, 0.6) is 0 Å². The van der Waals surface area contributed by atoms with E-state index in [0.29, 0.717) is 48.1 Å². The van der Waals surface area contributed by atoms with Gasteiger partial charge in [-0.05, 0) is 54.5 Å². The molecule has 0 bridgehead atoms. The third-order valence-electron chi connectivity index (χ3n) is 6.00. The second-order valence-corrected chi connectivity index (χ2v) is 8.50. The van der Waals surface area contributed by atoms with Crippen molar-refractivity contribution in [2.24, 2.45) is 5.92 Å². The smallest absolute Gasteiger partial charge is 0.392 e. The molecule has 3 aromatic rings. The number of alkyl halides is 3. The number of fused-ring (bicyclic) bond motifs is 1. The van der Waals surface area contributed by atoms with E-state index in [0.717, 1.165) is 41.8 Å². The summed E-state index contributed by atoms with van der Waals surface area (Å²) in [5.74, 6) is 1.05. The van der Waals surface area contributed by atoms with E-state index in [1.807, 2.05) is 18.2 Å². The third kappa shape index (κ3) is 4.41. The lowest BCUT2D eigenvalue weighted by atomic mass is 10.0. The molecule has 1 saturated carbocycles. The van der Waals surface area contributed by atoms with Crippen LogP contribution in [0.3, 0.4) is 0 Å². The van der Waals surface area contributed by atoms with Gasteiger partial charge in [-0.15, -0.1) is 0 Å². The van der Waals surface area contributed by atoms with Crippen LogP contribution in [0.4, 0.5) is 30.4 Å². The highest BCUT2D eigenvalue weighted by Crippen LogP contribution is 2.37. The van der Waals surface area contributed by atoms with Crippen LogP contribution in [0.15, 0.2) is 48.8 Å². The predicted molar refractivity (Wildman–Crippen MR) is 117 cm³/mol. The fourth-order valence-corrected chi connectivity index (χ4v) is 4.12. The first-order chi connectivity index (χ1) is 15.4. The van der Waals surface area contributed by atoms with Crippen molar-refractivity contribution in [3.8, 4) is 11.3 Å². The number of rotatable bonds is 6. The Kier molecular flexibility index (Phi) is 5.25. The molecule has 2 aliphatic carbocycles. The molecule has 0 aliphatic heterocycles. The number of anilines is 3. The monoisotopic (exact) mass is 440 g/mol. The Labute approximate surface area is 183 Å². The highest BCUT2D eigenvalue weighted by molar-refractivity contribution is 5.78. The van der Waals surface area contributed by atoms with Crippen molar-refractivity contribution in [2.45, 2.75) is 38.0 Å². The molecule has 2 aliphatic rings. The zero-order valence-electron chi connectivity index (χ0n) is 17.3. The van der Waals surface area contributed by atoms with Gasteiger partial charge in [0.05, 0.1) is 17.4 Å². The van der Waals surface area contributed by atoms with Crippen LogP contribution in [0.2, 0.25) is 0 Å². The van der Waals surface area contributed by atoms with Crippen molar-refractivity contribution in [1.29, 1.82) is 0 Å². The van der Waals surface area contributed by atoms with Gasteiger partial charge in [-0.25, -0.2) is 9.97 Å². The summed E-state index contributed by atoms with van der Waals surface area (Å²) in [7, 11) is 0. The molecule has 0 unspecified atom stereocenters. The van der Waals surface area contributed by atoms with Gasteiger partial charge >= 0.3 is 6.18 Å². The van der Waals surface area contributed by atoms with Crippen molar-refractivity contribution < 1.29 is 18.3 Å². The summed E-state index contributed by atoms with van der Waals surface area (Å²) in [6, 6.07) is 11.3. The highest BCUT2D eigenvalue weighted by atomic mass is 19.4. The molecule has 5 rings (SSSR count). The van der Waals surface area contributed by atoms with E-state index in [1.165, 1.54) is 12.4 Å². The number of nitrogens with one attached hydrogen (secondary N) is 2. The molecule has 1 aromatic heterocycles. The zero-order valence-corrected chi connectivity index (χ0v) is 17.3. The second kappa shape index (κ2) is 8.09. The van der Waals surface area contributed by atoms with Crippen LogP contribution in [0.25, 0.3) is 11.3 Å². The van der Waals surface area contributed by atoms with Gasteiger partial charge in [0.2, 0.25) is 0 Å². The standard InChI is InChI=1S/C24H23F3N4O/c25-24(26,27)16-6-7-18(21(9-16)28-12-14-4-5-14)22-11-23(30-13-29-22)31-20-3-1-2-15-8-17(32)10-19(15)20/h1-3,6-7,9,11,13-14,17,28,32H,4-5,8,10,12H2,(H,29,30,31)/t17-/m0/s1. The van der Waals surface area contributed by atoms with E-state index in [1.54, 1.807) is 6.07 Å². The van der Waals surface area contributed by atoms with Gasteiger partial charge < -0.3 is 15.7 Å². The number of aromatic nitrogens is 2. The summed E-state index contributed by atoms with van der Waals surface area (Å²) in [5, 5.41) is 16.5. The molecule has 1 heterocycles. The fourth-order valence-electron chi connectivity index (χ4n) is 4.12. The highest BCUT2D eigenvalue weighted by Gasteiger charge is 2.31. The van der Waals surface area contributed by atoms with E-state index in [4.69, 9.17) is 0 Å². The SMILES string of the molecule is O[C@H]1Cc2cccc(Nc3cc(-c4ccc(C(F)(F)F)cc4NCC4CC4)ncn3)c2C1. The number of nitrogens with zero attached hydrogens (tertiary/aromatic N) is 2. The van der Waals surface area contributed by atoms with Gasteiger partial charge in [-0.3, -0.25) is 0 Å². The minimum atomic E-state index is -4.41. The maximum atomic E-state index is 13.3. The molecule has 3 N–H and O–H groups in total. The minimum absolute atomic E-state index is 0.388. The maximum absolute atomic E-state index is 13.3. The maximum Gasteiger partial charge on any atom is 0.416 e. The van der Waals surface area contributed by atoms with E-state index < -0.39 is 11.7 Å². The summed E-state index contributed by atoms with van der Waals surface area (Å²) < 4.78 is 39.8. The lowest BCUT2D eigenvalue weighted by Gasteiger charge is -2.16. The number of benzene rings is 2. The van der Waals surface area contributed by atoms with Crippen LogP contribution in [0, 0.1) is 5.92 Å². The molecule has 2 aromatic carbocycles. The van der Waals surface area contributed by atoms with Crippen molar-refractivity contribution in [3.05, 3.63) is 65.5 Å². The van der Waals surface area contributed by atoms with E-state index in [9.17, 15) is 18.3 Å². The Balaban J connectivity index is 1.46. The zero-order chi connectivity index (χ0) is 22.3. The molecular formula is C24H23F3N4O. The van der Waals surface area contributed by atoms with Crippen molar-refractivity contribution in [1.82, 2.24) is 9.97 Å². The van der Waals surface area contributed by atoms with Crippen molar-refractivity contribution in [2.75, 3.05) is 17.2 Å². The number of aliphatic hydroxyl groups excluding tert-OH is 1. The quantitative estimate of drug-likeness (QED) is 0.492. The Bertz CT molecular complexity index is 1140. The van der Waals surface area contributed by atoms with Gasteiger partial charge in [-0.1, -0.05) is 18.2 Å². The number of halogens is 3. The molecule has 0 spiro atoms. The van der Waals surface area contributed by atoms with Gasteiger partial charge in [0.15, 0.2) is 0 Å². The topological polar surface area (TPSA) is 70.1 Å². The molecule has 5 nitrogen and oxygen atoms in total. The van der Waals surface area contributed by atoms with Gasteiger partial charge in [0.25, 0.3) is 0 Å². The molecule has 0 radical (unpaired) electrons. The van der Waals surface area contributed by atoms with Crippen LogP contribution in [0.1, 0.15) is 29.5 Å². The van der Waals surface area contributed by atoms with Crippen LogP contribution in [-0.4, -0.2) is 27.7 Å². The molecule has 1 fully saturated rings. The average molecular weight is 440 g/mol. The Morgan fingerprint density at radius 2 is 1.84 bits per heavy atom. The fraction of sp³-hybridized carbons (Fsp3) is 0.333. The normalized spacial score (nSPS) is 17.8. The second-order valence-electron chi connectivity index (χ2n) is 8.50.